The highest BCUT2D eigenvalue weighted by atomic mass is 16.5. The van der Waals surface area contributed by atoms with Crippen LogP contribution in [0.25, 0.3) is 0 Å². The van der Waals surface area contributed by atoms with Gasteiger partial charge in [0.25, 0.3) is 0 Å². The number of ether oxygens (including phenoxy) is 1. The third-order valence-corrected chi connectivity index (χ3v) is 4.27. The van der Waals surface area contributed by atoms with Crippen LogP contribution in [0.5, 0.6) is 0 Å². The molecule has 0 radical (unpaired) electrons. The van der Waals surface area contributed by atoms with Gasteiger partial charge in [0.15, 0.2) is 0 Å². The van der Waals surface area contributed by atoms with E-state index >= 15 is 0 Å². The van der Waals surface area contributed by atoms with Crippen molar-refractivity contribution in [2.45, 2.75) is 25.4 Å². The van der Waals surface area contributed by atoms with Crippen molar-refractivity contribution in [3.63, 3.8) is 0 Å². The van der Waals surface area contributed by atoms with Gasteiger partial charge in [0.2, 0.25) is 0 Å². The fraction of sp³-hybridized carbons (Fsp3) is 0.333. The minimum Gasteiger partial charge on any atom is -0.365 e. The first-order valence-corrected chi connectivity index (χ1v) is 7.13. The molecule has 1 aliphatic heterocycles. The minimum absolute atomic E-state index is 0.253. The van der Waals surface area contributed by atoms with Crippen molar-refractivity contribution in [2.24, 2.45) is 5.92 Å². The summed E-state index contributed by atoms with van der Waals surface area (Å²) < 4.78 is 6.32. The summed E-state index contributed by atoms with van der Waals surface area (Å²) >= 11 is 0. The van der Waals surface area contributed by atoms with Crippen LogP contribution in [0.15, 0.2) is 60.7 Å². The van der Waals surface area contributed by atoms with Gasteiger partial charge in [0.05, 0.1) is 0 Å². The van der Waals surface area contributed by atoms with Crippen LogP contribution in [-0.4, -0.2) is 6.61 Å². The highest BCUT2D eigenvalue weighted by Gasteiger charge is 2.45. The Morgan fingerprint density at radius 3 is 1.95 bits per heavy atom. The van der Waals surface area contributed by atoms with E-state index in [0.29, 0.717) is 5.92 Å². The zero-order chi connectivity index (χ0) is 13.1. The van der Waals surface area contributed by atoms with Gasteiger partial charge < -0.3 is 4.74 Å². The number of hydrogen-bond donors (Lipinski definition) is 0. The van der Waals surface area contributed by atoms with E-state index in [9.17, 15) is 0 Å². The average Bonchev–Trinajstić information content (AvgIpc) is 2.94. The summed E-state index contributed by atoms with van der Waals surface area (Å²) in [6, 6.07) is 21.3. The summed E-state index contributed by atoms with van der Waals surface area (Å²) in [4.78, 5) is 0. The summed E-state index contributed by atoms with van der Waals surface area (Å²) in [5.74, 6) is 0.553. The van der Waals surface area contributed by atoms with Gasteiger partial charge in [-0.1, -0.05) is 67.6 Å². The fourth-order valence-corrected chi connectivity index (χ4v) is 3.35. The second-order valence-corrected chi connectivity index (χ2v) is 5.21. The number of benzene rings is 2. The molecule has 0 aromatic heterocycles. The first-order valence-electron chi connectivity index (χ1n) is 7.13. The van der Waals surface area contributed by atoms with E-state index in [1.165, 1.54) is 11.1 Å². The van der Waals surface area contributed by atoms with Gasteiger partial charge >= 0.3 is 0 Å². The summed E-state index contributed by atoms with van der Waals surface area (Å²) in [5, 5.41) is 0. The van der Waals surface area contributed by atoms with Gasteiger partial charge in [-0.3, -0.25) is 0 Å². The van der Waals surface area contributed by atoms with E-state index < -0.39 is 0 Å². The van der Waals surface area contributed by atoms with E-state index in [2.05, 4.69) is 67.6 Å². The van der Waals surface area contributed by atoms with E-state index in [1.54, 1.807) is 0 Å². The maximum Gasteiger partial charge on any atom is 0.121 e. The Kier molecular flexibility index (Phi) is 3.39. The molecule has 0 bridgehead atoms. The predicted octanol–water partition coefficient (Wildman–Crippen LogP) is 4.38. The first kappa shape index (κ1) is 12.4. The molecule has 19 heavy (non-hydrogen) atoms. The molecule has 1 atom stereocenters. The molecule has 0 aliphatic carbocycles. The van der Waals surface area contributed by atoms with Gasteiger partial charge in [0.1, 0.15) is 5.60 Å². The van der Waals surface area contributed by atoms with Crippen LogP contribution in [-0.2, 0) is 10.3 Å². The predicted molar refractivity (Wildman–Crippen MR) is 78.0 cm³/mol. The van der Waals surface area contributed by atoms with E-state index in [1.807, 2.05) is 0 Å². The zero-order valence-electron chi connectivity index (χ0n) is 11.4. The van der Waals surface area contributed by atoms with E-state index in [0.717, 1.165) is 19.4 Å². The zero-order valence-corrected chi connectivity index (χ0v) is 11.4. The first-order chi connectivity index (χ1) is 9.38. The van der Waals surface area contributed by atoms with Crippen molar-refractivity contribution in [1.29, 1.82) is 0 Å². The molecule has 1 saturated heterocycles. The quantitative estimate of drug-likeness (QED) is 0.788. The molecule has 2 aromatic rings. The summed E-state index contributed by atoms with van der Waals surface area (Å²) in [5.41, 5.74) is 2.31. The molecule has 1 fully saturated rings. The highest BCUT2D eigenvalue weighted by molar-refractivity contribution is 5.38. The van der Waals surface area contributed by atoms with Gasteiger partial charge in [-0.05, 0) is 29.9 Å². The lowest BCUT2D eigenvalue weighted by Crippen LogP contribution is -2.33. The van der Waals surface area contributed by atoms with Crippen molar-refractivity contribution in [3.05, 3.63) is 71.8 Å². The van der Waals surface area contributed by atoms with Crippen molar-refractivity contribution in [1.82, 2.24) is 0 Å². The van der Waals surface area contributed by atoms with Gasteiger partial charge in [-0.15, -0.1) is 0 Å². The summed E-state index contributed by atoms with van der Waals surface area (Å²) in [7, 11) is 0. The molecule has 1 nitrogen and oxygen atoms in total. The molecule has 1 aliphatic rings. The molecule has 1 heterocycles. The fourth-order valence-electron chi connectivity index (χ4n) is 3.35. The molecule has 0 saturated carbocycles. The van der Waals surface area contributed by atoms with Crippen LogP contribution >= 0.6 is 0 Å². The monoisotopic (exact) mass is 252 g/mol. The molecule has 98 valence electrons. The topological polar surface area (TPSA) is 9.23 Å². The van der Waals surface area contributed by atoms with Crippen molar-refractivity contribution >= 4 is 0 Å². The molecule has 0 unspecified atom stereocenters. The van der Waals surface area contributed by atoms with E-state index in [-0.39, 0.29) is 5.60 Å². The summed E-state index contributed by atoms with van der Waals surface area (Å²) in [6.45, 7) is 3.11. The maximum absolute atomic E-state index is 6.32. The standard InChI is InChI=1S/C18H20O/c1-2-15-13-14-19-18(15,16-9-5-3-6-10-16)17-11-7-4-8-12-17/h3-12,15H,2,13-14H2,1H3/t15-/m1/s1. The summed E-state index contributed by atoms with van der Waals surface area (Å²) in [6.07, 6.45) is 2.28. The van der Waals surface area contributed by atoms with Crippen molar-refractivity contribution in [3.8, 4) is 0 Å². The second-order valence-electron chi connectivity index (χ2n) is 5.21. The molecule has 0 amide bonds. The SMILES string of the molecule is CC[C@@H]1CCOC1(c1ccccc1)c1ccccc1. The van der Waals surface area contributed by atoms with Crippen molar-refractivity contribution in [2.75, 3.05) is 6.61 Å². The third kappa shape index (κ3) is 1.98. The Balaban J connectivity index is 2.17. The second kappa shape index (κ2) is 5.18. The Hall–Kier alpha value is -1.60. The molecule has 2 aromatic carbocycles. The Morgan fingerprint density at radius 1 is 0.947 bits per heavy atom. The lowest BCUT2D eigenvalue weighted by molar-refractivity contribution is 0.00913. The van der Waals surface area contributed by atoms with Gasteiger partial charge in [0, 0.05) is 6.61 Å². The van der Waals surface area contributed by atoms with Crippen LogP contribution < -0.4 is 0 Å². The minimum atomic E-state index is -0.253. The Bertz CT molecular complexity index is 478. The van der Waals surface area contributed by atoms with Gasteiger partial charge in [-0.25, -0.2) is 0 Å². The number of rotatable bonds is 3. The lowest BCUT2D eigenvalue weighted by atomic mass is 9.75. The van der Waals surface area contributed by atoms with Crippen LogP contribution in [0.4, 0.5) is 0 Å². The molecule has 1 heteroatoms. The molecular formula is C18H20O. The van der Waals surface area contributed by atoms with Crippen LogP contribution in [0.2, 0.25) is 0 Å². The molecule has 3 rings (SSSR count). The highest BCUT2D eigenvalue weighted by Crippen LogP contribution is 2.47. The van der Waals surface area contributed by atoms with Crippen molar-refractivity contribution < 1.29 is 4.74 Å². The maximum atomic E-state index is 6.32. The van der Waals surface area contributed by atoms with Crippen LogP contribution in [0.3, 0.4) is 0 Å². The molecular weight excluding hydrogens is 232 g/mol. The Morgan fingerprint density at radius 2 is 1.47 bits per heavy atom. The lowest BCUT2D eigenvalue weighted by Gasteiger charge is -2.35. The Labute approximate surface area is 115 Å². The van der Waals surface area contributed by atoms with Gasteiger partial charge in [-0.2, -0.15) is 0 Å². The van der Waals surface area contributed by atoms with Crippen LogP contribution in [0, 0.1) is 5.92 Å². The molecule has 0 N–H and O–H groups in total. The molecule has 0 spiro atoms. The van der Waals surface area contributed by atoms with Crippen LogP contribution in [0.1, 0.15) is 30.9 Å². The number of hydrogen-bond acceptors (Lipinski definition) is 1. The average molecular weight is 252 g/mol. The third-order valence-electron chi connectivity index (χ3n) is 4.27. The van der Waals surface area contributed by atoms with E-state index in [4.69, 9.17) is 4.74 Å². The normalized spacial score (nSPS) is 21.4. The largest absolute Gasteiger partial charge is 0.365 e. The smallest absolute Gasteiger partial charge is 0.121 e.